The summed E-state index contributed by atoms with van der Waals surface area (Å²) in [5, 5.41) is 5.99. The van der Waals surface area contributed by atoms with E-state index in [2.05, 4.69) is 20.6 Å². The third-order valence-corrected chi connectivity index (χ3v) is 3.69. The van der Waals surface area contributed by atoms with Crippen molar-refractivity contribution in [2.75, 3.05) is 5.32 Å². The Kier molecular flexibility index (Phi) is 4.94. The van der Waals surface area contributed by atoms with E-state index in [9.17, 15) is 9.59 Å². The summed E-state index contributed by atoms with van der Waals surface area (Å²) in [6, 6.07) is 3.15. The molecular formula is C16H20ClN5O2. The van der Waals surface area contributed by atoms with Crippen molar-refractivity contribution in [1.82, 2.24) is 19.9 Å². The Balaban J connectivity index is 0.00000100. The minimum absolute atomic E-state index is 0.253. The summed E-state index contributed by atoms with van der Waals surface area (Å²) in [7, 11) is 0. The van der Waals surface area contributed by atoms with Crippen molar-refractivity contribution in [2.45, 2.75) is 40.3 Å². The number of carbonyl (C=O) groups is 1. The maximum Gasteiger partial charge on any atom is 0.276 e. The van der Waals surface area contributed by atoms with Gasteiger partial charge in [0.2, 0.25) is 0 Å². The molecule has 2 N–H and O–H groups in total. The van der Waals surface area contributed by atoms with E-state index < -0.39 is 5.66 Å². The van der Waals surface area contributed by atoms with Crippen LogP contribution in [0.4, 0.5) is 11.5 Å². The summed E-state index contributed by atoms with van der Waals surface area (Å²) >= 11 is 5.81. The summed E-state index contributed by atoms with van der Waals surface area (Å²) in [5.41, 5.74) is 0.306. The first-order valence-electron chi connectivity index (χ1n) is 7.64. The van der Waals surface area contributed by atoms with Gasteiger partial charge in [0, 0.05) is 6.07 Å². The predicted molar refractivity (Wildman–Crippen MR) is 93.9 cm³/mol. The number of fused-ring (bicyclic) bond motifs is 1. The Morgan fingerprint density at radius 1 is 1.21 bits per heavy atom. The third-order valence-electron chi connectivity index (χ3n) is 3.48. The number of amides is 1. The van der Waals surface area contributed by atoms with Crippen molar-refractivity contribution < 1.29 is 4.79 Å². The number of halogens is 1. The number of nitrogens with zero attached hydrogens (tertiary/aromatic N) is 3. The van der Waals surface area contributed by atoms with Gasteiger partial charge in [-0.3, -0.25) is 14.2 Å². The smallest absolute Gasteiger partial charge is 0.276 e. The van der Waals surface area contributed by atoms with Crippen molar-refractivity contribution in [3.8, 4) is 0 Å². The first kappa shape index (κ1) is 17.9. The molecule has 8 heteroatoms. The minimum atomic E-state index is -0.782. The molecule has 0 aromatic carbocycles. The van der Waals surface area contributed by atoms with Crippen molar-refractivity contribution in [2.24, 2.45) is 0 Å². The summed E-state index contributed by atoms with van der Waals surface area (Å²) in [4.78, 5) is 32.5. The highest BCUT2D eigenvalue weighted by Gasteiger charge is 2.37. The monoisotopic (exact) mass is 349 g/mol. The number of carbonyl (C=O) groups excluding carboxylic acids is 1. The van der Waals surface area contributed by atoms with Crippen LogP contribution in [0.3, 0.4) is 0 Å². The van der Waals surface area contributed by atoms with Crippen LogP contribution in [0.1, 0.15) is 43.7 Å². The van der Waals surface area contributed by atoms with Crippen molar-refractivity contribution in [1.29, 1.82) is 0 Å². The van der Waals surface area contributed by atoms with E-state index >= 15 is 0 Å². The highest BCUT2D eigenvalue weighted by molar-refractivity contribution is 6.29. The Hall–Kier alpha value is -2.41. The van der Waals surface area contributed by atoms with Crippen molar-refractivity contribution >= 4 is 29.0 Å². The lowest BCUT2D eigenvalue weighted by Gasteiger charge is -2.22. The number of pyridine rings is 1. The molecule has 0 saturated heterocycles. The predicted octanol–water partition coefficient (Wildman–Crippen LogP) is 2.81. The summed E-state index contributed by atoms with van der Waals surface area (Å²) in [6.07, 6.45) is 1.30. The number of anilines is 2. The van der Waals surface area contributed by atoms with Crippen LogP contribution in [0.5, 0.6) is 0 Å². The van der Waals surface area contributed by atoms with Crippen molar-refractivity contribution in [3.05, 3.63) is 45.2 Å². The van der Waals surface area contributed by atoms with E-state index in [4.69, 9.17) is 11.6 Å². The van der Waals surface area contributed by atoms with Gasteiger partial charge in [-0.1, -0.05) is 25.4 Å². The van der Waals surface area contributed by atoms with E-state index in [0.29, 0.717) is 22.8 Å². The van der Waals surface area contributed by atoms with E-state index in [0.717, 1.165) is 0 Å². The van der Waals surface area contributed by atoms with Gasteiger partial charge >= 0.3 is 0 Å². The highest BCUT2D eigenvalue weighted by atomic mass is 35.5. The van der Waals surface area contributed by atoms with Crippen LogP contribution in [0.15, 0.2) is 23.3 Å². The Labute approximate surface area is 145 Å². The second-order valence-electron chi connectivity index (χ2n) is 5.59. The second kappa shape index (κ2) is 6.60. The maximum absolute atomic E-state index is 12.7. The van der Waals surface area contributed by atoms with E-state index in [1.54, 1.807) is 26.8 Å². The molecule has 7 nitrogen and oxygen atoms in total. The lowest BCUT2D eigenvalue weighted by Crippen LogP contribution is -2.42. The lowest BCUT2D eigenvalue weighted by molar-refractivity contribution is 0.0934. The summed E-state index contributed by atoms with van der Waals surface area (Å²) in [6.45, 7) is 9.32. The zero-order valence-corrected chi connectivity index (χ0v) is 15.0. The van der Waals surface area contributed by atoms with Crippen LogP contribution in [0.25, 0.3) is 0 Å². The van der Waals surface area contributed by atoms with Crippen LogP contribution < -0.4 is 16.2 Å². The molecule has 3 heterocycles. The molecule has 0 fully saturated rings. The molecule has 0 bridgehead atoms. The molecule has 0 atom stereocenters. The first-order valence-corrected chi connectivity index (χ1v) is 8.01. The van der Waals surface area contributed by atoms with E-state index in [1.807, 2.05) is 13.8 Å². The fourth-order valence-electron chi connectivity index (χ4n) is 2.58. The molecule has 1 amide bonds. The van der Waals surface area contributed by atoms with Gasteiger partial charge in [0.25, 0.3) is 11.5 Å². The van der Waals surface area contributed by atoms with Gasteiger partial charge in [0.15, 0.2) is 0 Å². The Morgan fingerprint density at radius 3 is 2.50 bits per heavy atom. The molecule has 0 unspecified atom stereocenters. The van der Waals surface area contributed by atoms with Gasteiger partial charge in [0.1, 0.15) is 34.3 Å². The molecule has 0 saturated carbocycles. The van der Waals surface area contributed by atoms with Gasteiger partial charge in [-0.15, -0.1) is 0 Å². The summed E-state index contributed by atoms with van der Waals surface area (Å²) in [5.74, 6) is 0.156. The van der Waals surface area contributed by atoms with E-state index in [1.165, 1.54) is 17.0 Å². The van der Waals surface area contributed by atoms with Crippen molar-refractivity contribution in [3.63, 3.8) is 0 Å². The van der Waals surface area contributed by atoms with Crippen LogP contribution in [0, 0.1) is 6.92 Å². The molecule has 0 radical (unpaired) electrons. The quantitative estimate of drug-likeness (QED) is 0.814. The molecule has 1 aliphatic heterocycles. The molecule has 24 heavy (non-hydrogen) atoms. The zero-order chi connectivity index (χ0) is 18.1. The average Bonchev–Trinajstić information content (AvgIpc) is 2.76. The Bertz CT molecular complexity index is 845. The topological polar surface area (TPSA) is 88.9 Å². The van der Waals surface area contributed by atoms with Gasteiger partial charge in [0.05, 0.1) is 0 Å². The molecule has 0 spiro atoms. The van der Waals surface area contributed by atoms with Crippen LogP contribution in [-0.2, 0) is 5.66 Å². The number of hydrogen-bond donors (Lipinski definition) is 2. The van der Waals surface area contributed by atoms with Gasteiger partial charge in [-0.2, -0.15) is 0 Å². The number of aryl methyl sites for hydroxylation is 1. The minimum Gasteiger partial charge on any atom is -0.336 e. The molecule has 0 aliphatic carbocycles. The maximum atomic E-state index is 12.7. The van der Waals surface area contributed by atoms with Gasteiger partial charge < -0.3 is 10.6 Å². The highest BCUT2D eigenvalue weighted by Crippen LogP contribution is 2.25. The fourth-order valence-corrected chi connectivity index (χ4v) is 2.73. The standard InChI is InChI=1S/C14H14ClN5O2.C2H6/c1-7-4-8(18-10-5-9(15)16-6-17-10)13(22)20-11(7)12(21)19-14(20,2)3;1-2/h4-6H,1-3H3,(H,19,21)(H,16,17,18);1-2H3. The summed E-state index contributed by atoms with van der Waals surface area (Å²) < 4.78 is 1.45. The number of rotatable bonds is 2. The Morgan fingerprint density at radius 2 is 1.88 bits per heavy atom. The van der Waals surface area contributed by atoms with Crippen LogP contribution in [0.2, 0.25) is 5.15 Å². The largest absolute Gasteiger partial charge is 0.336 e. The molecule has 3 rings (SSSR count). The molecule has 1 aliphatic rings. The first-order chi connectivity index (χ1) is 11.3. The van der Waals surface area contributed by atoms with Crippen LogP contribution in [-0.4, -0.2) is 20.4 Å². The number of nitrogens with one attached hydrogen (secondary N) is 2. The normalized spacial score (nSPS) is 14.3. The zero-order valence-electron chi connectivity index (χ0n) is 14.3. The van der Waals surface area contributed by atoms with Gasteiger partial charge in [-0.25, -0.2) is 9.97 Å². The average molecular weight is 350 g/mol. The SMILES string of the molecule is CC.Cc1cc(Nc2cc(Cl)ncn2)c(=O)n2c1C(=O)NC2(C)C. The van der Waals surface area contributed by atoms with Gasteiger partial charge in [-0.05, 0) is 32.4 Å². The third kappa shape index (κ3) is 3.12. The second-order valence-corrected chi connectivity index (χ2v) is 5.98. The number of hydrogen-bond acceptors (Lipinski definition) is 5. The molecule has 2 aromatic rings. The fraction of sp³-hybridized carbons (Fsp3) is 0.375. The molecular weight excluding hydrogens is 330 g/mol. The molecule has 2 aromatic heterocycles. The lowest BCUT2D eigenvalue weighted by atomic mass is 10.1. The molecule has 128 valence electrons. The van der Waals surface area contributed by atoms with E-state index in [-0.39, 0.29) is 16.6 Å². The number of aromatic nitrogens is 3. The van der Waals surface area contributed by atoms with Crippen LogP contribution >= 0.6 is 11.6 Å².